The van der Waals surface area contributed by atoms with Gasteiger partial charge in [0.05, 0.1) is 6.61 Å². The first-order valence-electron chi connectivity index (χ1n) is 10.2. The molecule has 1 aromatic carbocycles. The summed E-state index contributed by atoms with van der Waals surface area (Å²) < 4.78 is 11.7. The molecule has 148 valence electrons. The predicted octanol–water partition coefficient (Wildman–Crippen LogP) is 3.18. The first kappa shape index (κ1) is 19.9. The second-order valence-corrected chi connectivity index (χ2v) is 7.46. The standard InChI is InChI=1S/C22H31NO4/c24-13-4-5-14-26-21-16-19(18-9-6-10-18)15-20(27-21)22(25)23-12-11-17-7-2-1-3-8-17/h1-3,7-8,15,18-19,21,24H,4-6,9-14,16H2,(H,23,25)/t19-,21+/m0/s1. The van der Waals surface area contributed by atoms with Gasteiger partial charge in [0.25, 0.3) is 5.91 Å². The normalized spacial score (nSPS) is 22.5. The van der Waals surface area contributed by atoms with Gasteiger partial charge >= 0.3 is 0 Å². The molecule has 1 saturated carbocycles. The molecule has 0 saturated heterocycles. The minimum Gasteiger partial charge on any atom is -0.459 e. The van der Waals surface area contributed by atoms with Crippen molar-refractivity contribution in [2.45, 2.75) is 51.2 Å². The van der Waals surface area contributed by atoms with Crippen LogP contribution in [0.1, 0.15) is 44.1 Å². The number of hydrogen-bond acceptors (Lipinski definition) is 4. The molecule has 1 fully saturated rings. The Morgan fingerprint density at radius 2 is 2.04 bits per heavy atom. The number of allylic oxidation sites excluding steroid dienone is 1. The summed E-state index contributed by atoms with van der Waals surface area (Å²) >= 11 is 0. The molecule has 1 aliphatic heterocycles. The number of unbranched alkanes of at least 4 members (excludes halogenated alkanes) is 1. The van der Waals surface area contributed by atoms with E-state index in [0.717, 1.165) is 25.7 Å². The average Bonchev–Trinajstić information content (AvgIpc) is 2.64. The minimum atomic E-state index is -0.367. The number of benzene rings is 1. The topological polar surface area (TPSA) is 67.8 Å². The number of amides is 1. The third-order valence-corrected chi connectivity index (χ3v) is 5.47. The Morgan fingerprint density at radius 1 is 1.22 bits per heavy atom. The monoisotopic (exact) mass is 373 g/mol. The van der Waals surface area contributed by atoms with Gasteiger partial charge in [-0.25, -0.2) is 0 Å². The smallest absolute Gasteiger partial charge is 0.286 e. The van der Waals surface area contributed by atoms with Crippen LogP contribution in [0.25, 0.3) is 0 Å². The van der Waals surface area contributed by atoms with Crippen molar-refractivity contribution in [2.75, 3.05) is 19.8 Å². The van der Waals surface area contributed by atoms with Crippen LogP contribution in [0.3, 0.4) is 0 Å². The molecule has 1 heterocycles. The molecular weight excluding hydrogens is 342 g/mol. The van der Waals surface area contributed by atoms with E-state index in [1.54, 1.807) is 0 Å². The molecule has 1 aromatic rings. The Balaban J connectivity index is 1.52. The van der Waals surface area contributed by atoms with Crippen LogP contribution in [-0.2, 0) is 20.7 Å². The first-order chi connectivity index (χ1) is 13.3. The third-order valence-electron chi connectivity index (χ3n) is 5.47. The molecule has 2 aliphatic rings. The first-order valence-corrected chi connectivity index (χ1v) is 10.2. The fourth-order valence-corrected chi connectivity index (χ4v) is 3.62. The van der Waals surface area contributed by atoms with Gasteiger partial charge in [-0.15, -0.1) is 0 Å². The minimum absolute atomic E-state index is 0.154. The maximum absolute atomic E-state index is 12.6. The Morgan fingerprint density at radius 3 is 2.74 bits per heavy atom. The molecule has 0 aromatic heterocycles. The Kier molecular flexibility index (Phi) is 7.72. The highest BCUT2D eigenvalue weighted by atomic mass is 16.7. The lowest BCUT2D eigenvalue weighted by Crippen LogP contribution is -2.36. The summed E-state index contributed by atoms with van der Waals surface area (Å²) in [6.45, 7) is 1.31. The maximum Gasteiger partial charge on any atom is 0.286 e. The molecule has 27 heavy (non-hydrogen) atoms. The van der Waals surface area contributed by atoms with Crippen LogP contribution in [0.2, 0.25) is 0 Å². The number of carbonyl (C=O) groups is 1. The number of carbonyl (C=O) groups excluding carboxylic acids is 1. The summed E-state index contributed by atoms with van der Waals surface area (Å²) in [5.41, 5.74) is 1.20. The van der Waals surface area contributed by atoms with Crippen molar-refractivity contribution in [3.8, 4) is 0 Å². The third kappa shape index (κ3) is 6.08. The molecule has 3 rings (SSSR count). The lowest BCUT2D eigenvalue weighted by molar-refractivity contribution is -0.152. The molecule has 5 heteroatoms. The van der Waals surface area contributed by atoms with Crippen LogP contribution < -0.4 is 5.32 Å². The van der Waals surface area contributed by atoms with Gasteiger partial charge in [-0.3, -0.25) is 4.79 Å². The van der Waals surface area contributed by atoms with Crippen molar-refractivity contribution >= 4 is 5.91 Å². The van der Waals surface area contributed by atoms with E-state index in [-0.39, 0.29) is 18.8 Å². The fourth-order valence-electron chi connectivity index (χ4n) is 3.62. The Bertz CT molecular complexity index is 612. The zero-order chi connectivity index (χ0) is 18.9. The van der Waals surface area contributed by atoms with Crippen LogP contribution in [0.4, 0.5) is 0 Å². The van der Waals surface area contributed by atoms with Gasteiger partial charge in [0.2, 0.25) is 6.29 Å². The van der Waals surface area contributed by atoms with Gasteiger partial charge in [0.1, 0.15) is 0 Å². The van der Waals surface area contributed by atoms with Crippen molar-refractivity contribution in [3.05, 3.63) is 47.7 Å². The van der Waals surface area contributed by atoms with Crippen molar-refractivity contribution in [1.29, 1.82) is 0 Å². The van der Waals surface area contributed by atoms with Crippen LogP contribution in [0.15, 0.2) is 42.2 Å². The quantitative estimate of drug-likeness (QED) is 0.618. The molecule has 0 spiro atoms. The van der Waals surface area contributed by atoms with E-state index < -0.39 is 0 Å². The van der Waals surface area contributed by atoms with E-state index >= 15 is 0 Å². The van der Waals surface area contributed by atoms with E-state index in [2.05, 4.69) is 17.4 Å². The van der Waals surface area contributed by atoms with E-state index in [1.165, 1.54) is 24.8 Å². The summed E-state index contributed by atoms with van der Waals surface area (Å²) in [6.07, 6.45) is 8.49. The largest absolute Gasteiger partial charge is 0.459 e. The fraction of sp³-hybridized carbons (Fsp3) is 0.591. The zero-order valence-electron chi connectivity index (χ0n) is 15.9. The van der Waals surface area contributed by atoms with Crippen molar-refractivity contribution in [2.24, 2.45) is 11.8 Å². The van der Waals surface area contributed by atoms with Crippen molar-refractivity contribution in [1.82, 2.24) is 5.32 Å². The molecule has 0 bridgehead atoms. The molecular formula is C22H31NO4. The Labute approximate surface area is 161 Å². The molecule has 0 unspecified atom stereocenters. The summed E-state index contributed by atoms with van der Waals surface area (Å²) in [5.74, 6) is 1.24. The van der Waals surface area contributed by atoms with Gasteiger partial charge in [-0.05, 0) is 55.6 Å². The second-order valence-electron chi connectivity index (χ2n) is 7.46. The summed E-state index contributed by atoms with van der Waals surface area (Å²) in [5, 5.41) is 11.9. The van der Waals surface area contributed by atoms with Gasteiger partial charge in [-0.2, -0.15) is 0 Å². The lowest BCUT2D eigenvalue weighted by Gasteiger charge is -2.37. The number of nitrogens with one attached hydrogen (secondary N) is 1. The molecule has 1 aliphatic carbocycles. The van der Waals surface area contributed by atoms with Gasteiger partial charge in [0.15, 0.2) is 5.76 Å². The average molecular weight is 373 g/mol. The predicted molar refractivity (Wildman–Crippen MR) is 104 cm³/mol. The second kappa shape index (κ2) is 10.5. The summed E-state index contributed by atoms with van der Waals surface area (Å²) in [6, 6.07) is 10.1. The van der Waals surface area contributed by atoms with Gasteiger partial charge in [-0.1, -0.05) is 36.8 Å². The highest BCUT2D eigenvalue weighted by Gasteiger charge is 2.34. The molecule has 1 amide bonds. The SMILES string of the molecule is O=C(NCCc1ccccc1)C1=C[C@H](C2CCC2)C[C@H](OCCCCO)O1. The Hall–Kier alpha value is -1.85. The van der Waals surface area contributed by atoms with Crippen LogP contribution in [0, 0.1) is 11.8 Å². The van der Waals surface area contributed by atoms with Crippen molar-refractivity contribution in [3.63, 3.8) is 0 Å². The summed E-state index contributed by atoms with van der Waals surface area (Å²) in [7, 11) is 0. The molecule has 2 atom stereocenters. The molecule has 5 nitrogen and oxygen atoms in total. The van der Waals surface area contributed by atoms with Crippen LogP contribution in [0.5, 0.6) is 0 Å². The van der Waals surface area contributed by atoms with E-state index in [0.29, 0.717) is 30.7 Å². The maximum atomic E-state index is 12.6. The highest BCUT2D eigenvalue weighted by molar-refractivity contribution is 5.91. The zero-order valence-corrected chi connectivity index (χ0v) is 15.9. The number of rotatable bonds is 10. The highest BCUT2D eigenvalue weighted by Crippen LogP contribution is 2.39. The van der Waals surface area contributed by atoms with E-state index in [1.807, 2.05) is 24.3 Å². The number of aliphatic hydroxyl groups is 1. The number of ether oxygens (including phenoxy) is 2. The van der Waals surface area contributed by atoms with Crippen molar-refractivity contribution < 1.29 is 19.4 Å². The van der Waals surface area contributed by atoms with Gasteiger partial charge < -0.3 is 19.9 Å². The lowest BCUT2D eigenvalue weighted by atomic mass is 9.73. The summed E-state index contributed by atoms with van der Waals surface area (Å²) in [4.78, 5) is 12.6. The van der Waals surface area contributed by atoms with Gasteiger partial charge in [0, 0.05) is 19.6 Å². The van der Waals surface area contributed by atoms with Crippen LogP contribution in [-0.4, -0.2) is 37.1 Å². The van der Waals surface area contributed by atoms with E-state index in [4.69, 9.17) is 14.6 Å². The number of hydrogen-bond donors (Lipinski definition) is 2. The molecule has 0 radical (unpaired) electrons. The number of aliphatic hydroxyl groups excluding tert-OH is 1. The molecule has 2 N–H and O–H groups in total. The van der Waals surface area contributed by atoms with Crippen LogP contribution >= 0.6 is 0 Å². The van der Waals surface area contributed by atoms with E-state index in [9.17, 15) is 4.79 Å².